The first kappa shape index (κ1) is 24.3. The van der Waals surface area contributed by atoms with Crippen molar-refractivity contribution in [2.75, 3.05) is 13.7 Å². The zero-order valence-corrected chi connectivity index (χ0v) is 20.6. The Morgan fingerprint density at radius 2 is 1.67 bits per heavy atom. The SMILES string of the molecule is CCc1ccc(C(C)(C)CNC(=NCc2ccc(OC)cc2)NCc2nnc(C)n2C)cc1. The van der Waals surface area contributed by atoms with Gasteiger partial charge in [-0.05, 0) is 42.2 Å². The molecule has 0 amide bonds. The van der Waals surface area contributed by atoms with E-state index < -0.39 is 0 Å². The minimum atomic E-state index is -0.0593. The van der Waals surface area contributed by atoms with E-state index in [0.717, 1.165) is 41.9 Å². The molecule has 0 saturated heterocycles. The molecule has 7 heteroatoms. The molecule has 2 N–H and O–H groups in total. The van der Waals surface area contributed by atoms with Gasteiger partial charge in [0.05, 0.1) is 20.2 Å². The van der Waals surface area contributed by atoms with Crippen LogP contribution in [0.5, 0.6) is 5.75 Å². The Morgan fingerprint density at radius 1 is 1.00 bits per heavy atom. The van der Waals surface area contributed by atoms with Crippen molar-refractivity contribution in [2.45, 2.75) is 52.6 Å². The fourth-order valence-electron chi connectivity index (χ4n) is 3.44. The van der Waals surface area contributed by atoms with Gasteiger partial charge in [0.25, 0.3) is 0 Å². The summed E-state index contributed by atoms with van der Waals surface area (Å²) >= 11 is 0. The van der Waals surface area contributed by atoms with Crippen LogP contribution in [0.25, 0.3) is 0 Å². The smallest absolute Gasteiger partial charge is 0.192 e. The number of aryl methyl sites for hydroxylation is 2. The Balaban J connectivity index is 1.72. The lowest BCUT2D eigenvalue weighted by Crippen LogP contribution is -2.43. The third-order valence-corrected chi connectivity index (χ3v) is 6.02. The van der Waals surface area contributed by atoms with Gasteiger partial charge < -0.3 is 19.9 Å². The molecule has 7 nitrogen and oxygen atoms in total. The Labute approximate surface area is 197 Å². The highest BCUT2D eigenvalue weighted by molar-refractivity contribution is 5.79. The van der Waals surface area contributed by atoms with E-state index in [1.807, 2.05) is 42.8 Å². The first-order valence-electron chi connectivity index (χ1n) is 11.4. The number of hydrogen-bond acceptors (Lipinski definition) is 4. The van der Waals surface area contributed by atoms with Crippen LogP contribution in [-0.4, -0.2) is 34.4 Å². The van der Waals surface area contributed by atoms with E-state index in [2.05, 4.69) is 65.9 Å². The number of rotatable bonds is 9. The van der Waals surface area contributed by atoms with Gasteiger partial charge in [-0.15, -0.1) is 10.2 Å². The van der Waals surface area contributed by atoms with Crippen molar-refractivity contribution in [2.24, 2.45) is 12.0 Å². The van der Waals surface area contributed by atoms with Gasteiger partial charge in [0.1, 0.15) is 11.6 Å². The Morgan fingerprint density at radius 3 is 2.24 bits per heavy atom. The average molecular weight is 449 g/mol. The van der Waals surface area contributed by atoms with Crippen LogP contribution in [0.2, 0.25) is 0 Å². The number of nitrogens with zero attached hydrogens (tertiary/aromatic N) is 4. The average Bonchev–Trinajstić information content (AvgIpc) is 3.16. The Bertz CT molecular complexity index is 1050. The van der Waals surface area contributed by atoms with E-state index in [4.69, 9.17) is 9.73 Å². The molecule has 1 heterocycles. The quantitative estimate of drug-likeness (QED) is 0.383. The molecule has 0 atom stereocenters. The molecular weight excluding hydrogens is 412 g/mol. The lowest BCUT2D eigenvalue weighted by Gasteiger charge is -2.27. The maximum absolute atomic E-state index is 5.25. The first-order valence-corrected chi connectivity index (χ1v) is 11.4. The van der Waals surface area contributed by atoms with Gasteiger partial charge in [0.15, 0.2) is 11.8 Å². The van der Waals surface area contributed by atoms with E-state index >= 15 is 0 Å². The second-order valence-electron chi connectivity index (χ2n) is 8.88. The van der Waals surface area contributed by atoms with Crippen molar-refractivity contribution in [3.05, 3.63) is 76.9 Å². The minimum Gasteiger partial charge on any atom is -0.497 e. The third-order valence-electron chi connectivity index (χ3n) is 6.02. The summed E-state index contributed by atoms with van der Waals surface area (Å²) in [5.41, 5.74) is 3.70. The summed E-state index contributed by atoms with van der Waals surface area (Å²) in [6.07, 6.45) is 1.05. The molecule has 0 spiro atoms. The molecule has 3 aromatic rings. The summed E-state index contributed by atoms with van der Waals surface area (Å²) in [6.45, 7) is 10.4. The minimum absolute atomic E-state index is 0.0593. The molecule has 0 radical (unpaired) electrons. The molecule has 1 aromatic heterocycles. The molecule has 0 fully saturated rings. The number of methoxy groups -OCH3 is 1. The van der Waals surface area contributed by atoms with Crippen LogP contribution in [-0.2, 0) is 32.0 Å². The van der Waals surface area contributed by atoms with E-state index in [0.29, 0.717) is 13.1 Å². The van der Waals surface area contributed by atoms with Crippen LogP contribution in [0, 0.1) is 6.92 Å². The van der Waals surface area contributed by atoms with E-state index in [1.165, 1.54) is 11.1 Å². The van der Waals surface area contributed by atoms with Crippen molar-refractivity contribution in [3.8, 4) is 5.75 Å². The standard InChI is InChI=1S/C26H36N6O/c1-7-20-8-12-22(13-9-20)26(3,4)18-29-25(28-17-24-31-30-19(2)32(24)5)27-16-21-10-14-23(33-6)15-11-21/h8-15H,7,16-18H2,1-6H3,(H2,27,28,29). The molecule has 33 heavy (non-hydrogen) atoms. The summed E-state index contributed by atoms with van der Waals surface area (Å²) < 4.78 is 7.23. The van der Waals surface area contributed by atoms with Crippen molar-refractivity contribution in [1.29, 1.82) is 0 Å². The number of guanidine groups is 1. The van der Waals surface area contributed by atoms with Gasteiger partial charge >= 0.3 is 0 Å². The van der Waals surface area contributed by atoms with Crippen molar-refractivity contribution in [3.63, 3.8) is 0 Å². The summed E-state index contributed by atoms with van der Waals surface area (Å²) in [6, 6.07) is 16.9. The van der Waals surface area contributed by atoms with Crippen LogP contribution in [0.1, 0.15) is 49.1 Å². The Hall–Kier alpha value is -3.35. The fraction of sp³-hybridized carbons (Fsp3) is 0.423. The number of aliphatic imine (C=N–C) groups is 1. The summed E-state index contributed by atoms with van der Waals surface area (Å²) in [4.78, 5) is 4.82. The lowest BCUT2D eigenvalue weighted by molar-refractivity contribution is 0.414. The van der Waals surface area contributed by atoms with Gasteiger partial charge in [-0.1, -0.05) is 57.2 Å². The van der Waals surface area contributed by atoms with Crippen LogP contribution >= 0.6 is 0 Å². The maximum Gasteiger partial charge on any atom is 0.192 e. The monoisotopic (exact) mass is 448 g/mol. The Kier molecular flexibility index (Phi) is 8.09. The molecule has 2 aromatic carbocycles. The van der Waals surface area contributed by atoms with Gasteiger partial charge in [-0.3, -0.25) is 0 Å². The highest BCUT2D eigenvalue weighted by atomic mass is 16.5. The first-order chi connectivity index (χ1) is 15.8. The van der Waals surface area contributed by atoms with E-state index in [1.54, 1.807) is 7.11 Å². The molecule has 0 unspecified atom stereocenters. The van der Waals surface area contributed by atoms with Gasteiger partial charge in [0, 0.05) is 19.0 Å². The van der Waals surface area contributed by atoms with Crippen molar-refractivity contribution >= 4 is 5.96 Å². The van der Waals surface area contributed by atoms with Crippen molar-refractivity contribution in [1.82, 2.24) is 25.4 Å². The van der Waals surface area contributed by atoms with Crippen molar-refractivity contribution < 1.29 is 4.74 Å². The molecule has 176 valence electrons. The topological polar surface area (TPSA) is 76.4 Å². The fourth-order valence-corrected chi connectivity index (χ4v) is 3.44. The number of ether oxygens (including phenoxy) is 1. The predicted octanol–water partition coefficient (Wildman–Crippen LogP) is 3.91. The van der Waals surface area contributed by atoms with Crippen LogP contribution in [0.15, 0.2) is 53.5 Å². The second-order valence-corrected chi connectivity index (χ2v) is 8.88. The predicted molar refractivity (Wildman–Crippen MR) is 134 cm³/mol. The molecule has 0 aliphatic rings. The molecular formula is C26H36N6O. The molecule has 0 saturated carbocycles. The van der Waals surface area contributed by atoms with Gasteiger partial charge in [0.2, 0.25) is 0 Å². The zero-order valence-electron chi connectivity index (χ0n) is 20.6. The normalized spacial score (nSPS) is 12.0. The van der Waals surface area contributed by atoms with Crippen LogP contribution in [0.3, 0.4) is 0 Å². The van der Waals surface area contributed by atoms with Crippen LogP contribution in [0.4, 0.5) is 0 Å². The molecule has 0 aliphatic carbocycles. The van der Waals surface area contributed by atoms with Gasteiger partial charge in [-0.2, -0.15) is 0 Å². The van der Waals surface area contributed by atoms with Gasteiger partial charge in [-0.25, -0.2) is 4.99 Å². The largest absolute Gasteiger partial charge is 0.497 e. The third kappa shape index (κ3) is 6.57. The number of hydrogen-bond donors (Lipinski definition) is 2. The van der Waals surface area contributed by atoms with E-state index in [-0.39, 0.29) is 5.41 Å². The lowest BCUT2D eigenvalue weighted by atomic mass is 9.84. The highest BCUT2D eigenvalue weighted by Crippen LogP contribution is 2.23. The second kappa shape index (κ2) is 11.0. The van der Waals surface area contributed by atoms with Crippen LogP contribution < -0.4 is 15.4 Å². The number of benzene rings is 2. The molecule has 3 rings (SSSR count). The number of nitrogens with one attached hydrogen (secondary N) is 2. The maximum atomic E-state index is 5.25. The summed E-state index contributed by atoms with van der Waals surface area (Å²) in [5, 5.41) is 15.3. The molecule has 0 aliphatic heterocycles. The highest BCUT2D eigenvalue weighted by Gasteiger charge is 2.21. The number of aromatic nitrogens is 3. The molecule has 0 bridgehead atoms. The summed E-state index contributed by atoms with van der Waals surface area (Å²) in [7, 11) is 3.64. The van der Waals surface area contributed by atoms with E-state index in [9.17, 15) is 0 Å². The summed E-state index contributed by atoms with van der Waals surface area (Å²) in [5.74, 6) is 3.33. The zero-order chi connectivity index (χ0) is 23.8.